The maximum atomic E-state index is 13.0. The normalized spacial score (nSPS) is 10.6. The minimum atomic E-state index is -0.296. The molecule has 0 aliphatic heterocycles. The largest absolute Gasteiger partial charge is 0.439 e. The van der Waals surface area contributed by atoms with Crippen LogP contribution in [-0.4, -0.2) is 4.98 Å². The number of alkyl halides is 1. The smallest absolute Gasteiger partial charge is 0.210 e. The van der Waals surface area contributed by atoms with Gasteiger partial charge in [0.1, 0.15) is 5.82 Å². The summed E-state index contributed by atoms with van der Waals surface area (Å²) in [5.41, 5.74) is 1.40. The molecule has 0 bridgehead atoms. The molecular formula is C11H9ClFNO. The predicted molar refractivity (Wildman–Crippen MR) is 56.2 cm³/mol. The maximum Gasteiger partial charge on any atom is 0.210 e. The number of rotatable bonds is 2. The molecule has 0 saturated carbocycles. The second-order valence-corrected chi connectivity index (χ2v) is 3.43. The van der Waals surface area contributed by atoms with Crippen molar-refractivity contribution in [3.63, 3.8) is 0 Å². The van der Waals surface area contributed by atoms with Crippen LogP contribution in [0.4, 0.5) is 4.39 Å². The molecule has 1 heterocycles. The van der Waals surface area contributed by atoms with Crippen molar-refractivity contribution in [3.05, 3.63) is 41.7 Å². The lowest BCUT2D eigenvalue weighted by atomic mass is 10.1. The molecule has 0 aliphatic carbocycles. The molecule has 0 radical (unpaired) electrons. The highest BCUT2D eigenvalue weighted by Gasteiger charge is 2.11. The van der Waals surface area contributed by atoms with Crippen molar-refractivity contribution in [2.45, 2.75) is 12.8 Å². The Labute approximate surface area is 91.7 Å². The maximum absolute atomic E-state index is 13.0. The average molecular weight is 226 g/mol. The molecule has 2 nitrogen and oxygen atoms in total. The average Bonchev–Trinajstić information content (AvgIpc) is 2.60. The van der Waals surface area contributed by atoms with Crippen LogP contribution >= 0.6 is 11.6 Å². The fourth-order valence-corrected chi connectivity index (χ4v) is 1.52. The number of benzene rings is 1. The molecular weight excluding hydrogens is 217 g/mol. The molecule has 15 heavy (non-hydrogen) atoms. The minimum absolute atomic E-state index is 0.218. The molecule has 0 atom stereocenters. The summed E-state index contributed by atoms with van der Waals surface area (Å²) in [6.07, 6.45) is 0. The van der Waals surface area contributed by atoms with Crippen molar-refractivity contribution < 1.29 is 8.81 Å². The van der Waals surface area contributed by atoms with Crippen molar-refractivity contribution in [2.24, 2.45) is 0 Å². The standard InChI is InChI=1S/C11H9ClFNO/c1-7-11(15-10(6-12)14-7)8-3-2-4-9(13)5-8/h2-5H,6H2,1H3. The van der Waals surface area contributed by atoms with E-state index in [4.69, 9.17) is 16.0 Å². The van der Waals surface area contributed by atoms with Gasteiger partial charge in [0.2, 0.25) is 5.89 Å². The first-order chi connectivity index (χ1) is 7.20. The van der Waals surface area contributed by atoms with E-state index in [2.05, 4.69) is 4.98 Å². The van der Waals surface area contributed by atoms with Gasteiger partial charge in [-0.2, -0.15) is 0 Å². The Balaban J connectivity index is 2.48. The van der Waals surface area contributed by atoms with E-state index in [1.807, 2.05) is 0 Å². The number of aromatic nitrogens is 1. The van der Waals surface area contributed by atoms with Gasteiger partial charge in [-0.3, -0.25) is 0 Å². The summed E-state index contributed by atoms with van der Waals surface area (Å²) in [7, 11) is 0. The van der Waals surface area contributed by atoms with Gasteiger partial charge < -0.3 is 4.42 Å². The van der Waals surface area contributed by atoms with Crippen LogP contribution in [0.5, 0.6) is 0 Å². The SMILES string of the molecule is Cc1nc(CCl)oc1-c1cccc(F)c1. The van der Waals surface area contributed by atoms with Crippen LogP contribution in [0.15, 0.2) is 28.7 Å². The molecule has 4 heteroatoms. The van der Waals surface area contributed by atoms with E-state index in [1.165, 1.54) is 12.1 Å². The van der Waals surface area contributed by atoms with Crippen LogP contribution in [0.1, 0.15) is 11.6 Å². The number of oxazole rings is 1. The first-order valence-corrected chi connectivity index (χ1v) is 5.02. The van der Waals surface area contributed by atoms with Crippen LogP contribution in [0.2, 0.25) is 0 Å². The Morgan fingerprint density at radius 2 is 2.27 bits per heavy atom. The topological polar surface area (TPSA) is 26.0 Å². The number of hydrogen-bond acceptors (Lipinski definition) is 2. The fraction of sp³-hybridized carbons (Fsp3) is 0.182. The van der Waals surface area contributed by atoms with Crippen LogP contribution < -0.4 is 0 Å². The lowest BCUT2D eigenvalue weighted by Crippen LogP contribution is -1.80. The molecule has 2 rings (SSSR count). The van der Waals surface area contributed by atoms with E-state index >= 15 is 0 Å². The Hall–Kier alpha value is -1.35. The third kappa shape index (κ3) is 2.02. The third-order valence-electron chi connectivity index (χ3n) is 2.04. The van der Waals surface area contributed by atoms with E-state index in [1.54, 1.807) is 19.1 Å². The van der Waals surface area contributed by atoms with Gasteiger partial charge in [0.15, 0.2) is 5.76 Å². The van der Waals surface area contributed by atoms with Crippen LogP contribution in [0, 0.1) is 12.7 Å². The summed E-state index contributed by atoms with van der Waals surface area (Å²) in [6.45, 7) is 1.81. The Bertz CT molecular complexity index is 481. The Kier molecular flexibility index (Phi) is 2.73. The van der Waals surface area contributed by atoms with Gasteiger partial charge >= 0.3 is 0 Å². The summed E-state index contributed by atoms with van der Waals surface area (Å²) in [6, 6.07) is 6.20. The molecule has 0 N–H and O–H groups in total. The van der Waals surface area contributed by atoms with E-state index in [9.17, 15) is 4.39 Å². The molecule has 0 unspecified atom stereocenters. The summed E-state index contributed by atoms with van der Waals surface area (Å²) in [4.78, 5) is 4.11. The van der Waals surface area contributed by atoms with E-state index in [0.29, 0.717) is 17.2 Å². The van der Waals surface area contributed by atoms with Gasteiger partial charge in [-0.05, 0) is 19.1 Å². The van der Waals surface area contributed by atoms with Crippen molar-refractivity contribution >= 4 is 11.6 Å². The van der Waals surface area contributed by atoms with E-state index in [-0.39, 0.29) is 11.7 Å². The highest BCUT2D eigenvalue weighted by atomic mass is 35.5. The molecule has 0 spiro atoms. The Morgan fingerprint density at radius 1 is 1.47 bits per heavy atom. The third-order valence-corrected chi connectivity index (χ3v) is 2.27. The van der Waals surface area contributed by atoms with Gasteiger partial charge in [-0.15, -0.1) is 11.6 Å². The van der Waals surface area contributed by atoms with E-state index in [0.717, 1.165) is 5.69 Å². The van der Waals surface area contributed by atoms with Gasteiger partial charge in [0.25, 0.3) is 0 Å². The minimum Gasteiger partial charge on any atom is -0.439 e. The van der Waals surface area contributed by atoms with Gasteiger partial charge in [-0.1, -0.05) is 12.1 Å². The van der Waals surface area contributed by atoms with Crippen molar-refractivity contribution in [2.75, 3.05) is 0 Å². The first kappa shape index (κ1) is 10.2. The van der Waals surface area contributed by atoms with Gasteiger partial charge in [0.05, 0.1) is 11.6 Å². The number of hydrogen-bond donors (Lipinski definition) is 0. The number of halogens is 2. The van der Waals surface area contributed by atoms with Gasteiger partial charge in [0, 0.05) is 5.56 Å². The first-order valence-electron chi connectivity index (χ1n) is 4.49. The summed E-state index contributed by atoms with van der Waals surface area (Å²) < 4.78 is 18.4. The molecule has 78 valence electrons. The second kappa shape index (κ2) is 4.03. The Morgan fingerprint density at radius 3 is 2.87 bits per heavy atom. The van der Waals surface area contributed by atoms with Crippen LogP contribution in [0.3, 0.4) is 0 Å². The van der Waals surface area contributed by atoms with Crippen molar-refractivity contribution in [1.82, 2.24) is 4.98 Å². The zero-order valence-corrected chi connectivity index (χ0v) is 8.88. The molecule has 0 fully saturated rings. The molecule has 0 aliphatic rings. The quantitative estimate of drug-likeness (QED) is 0.731. The molecule has 1 aromatic heterocycles. The number of nitrogens with zero attached hydrogens (tertiary/aromatic N) is 1. The summed E-state index contributed by atoms with van der Waals surface area (Å²) >= 11 is 5.60. The lowest BCUT2D eigenvalue weighted by molar-refractivity contribution is 0.527. The highest BCUT2D eigenvalue weighted by Crippen LogP contribution is 2.25. The van der Waals surface area contributed by atoms with Crippen LogP contribution in [-0.2, 0) is 5.88 Å². The van der Waals surface area contributed by atoms with Gasteiger partial charge in [-0.25, -0.2) is 9.37 Å². The highest BCUT2D eigenvalue weighted by molar-refractivity contribution is 6.16. The zero-order chi connectivity index (χ0) is 10.8. The second-order valence-electron chi connectivity index (χ2n) is 3.17. The van der Waals surface area contributed by atoms with E-state index < -0.39 is 0 Å². The molecule has 1 aromatic carbocycles. The molecule has 0 saturated heterocycles. The molecule has 0 amide bonds. The number of aryl methyl sites for hydroxylation is 1. The van der Waals surface area contributed by atoms with Crippen molar-refractivity contribution in [3.8, 4) is 11.3 Å². The summed E-state index contributed by atoms with van der Waals surface area (Å²) in [5, 5.41) is 0. The fourth-order valence-electron chi connectivity index (χ4n) is 1.41. The van der Waals surface area contributed by atoms with Crippen LogP contribution in [0.25, 0.3) is 11.3 Å². The summed E-state index contributed by atoms with van der Waals surface area (Å²) in [5.74, 6) is 0.949. The molecule has 2 aromatic rings. The van der Waals surface area contributed by atoms with Crippen molar-refractivity contribution in [1.29, 1.82) is 0 Å². The monoisotopic (exact) mass is 225 g/mol. The zero-order valence-electron chi connectivity index (χ0n) is 8.13. The lowest BCUT2D eigenvalue weighted by Gasteiger charge is -1.97. The predicted octanol–water partition coefficient (Wildman–Crippen LogP) is 3.53.